The molecule has 0 saturated heterocycles. The number of ether oxygens (including phenoxy) is 3. The fraction of sp³-hybridized carbons (Fsp3) is 0.478. The first-order chi connectivity index (χ1) is 16.9. The number of sulfonamides is 1. The van der Waals surface area contributed by atoms with Crippen LogP contribution in [0.15, 0.2) is 30.6 Å². The molecule has 2 aromatic heterocycles. The maximum atomic E-state index is 13.5. The molecule has 2 heterocycles. The van der Waals surface area contributed by atoms with Gasteiger partial charge in [-0.1, -0.05) is 24.6 Å². The molecule has 11 nitrogen and oxygen atoms in total. The van der Waals surface area contributed by atoms with Crippen LogP contribution in [0.4, 0.5) is 5.95 Å². The molecule has 0 amide bonds. The van der Waals surface area contributed by atoms with Gasteiger partial charge in [-0.2, -0.15) is 0 Å². The Hall–Kier alpha value is -2.96. The topological polar surface area (TPSA) is 130 Å². The van der Waals surface area contributed by atoms with Gasteiger partial charge in [0, 0.05) is 31.8 Å². The van der Waals surface area contributed by atoms with E-state index in [9.17, 15) is 8.42 Å². The Labute approximate surface area is 216 Å². The molecule has 0 spiro atoms. The van der Waals surface area contributed by atoms with Gasteiger partial charge in [0.1, 0.15) is 28.8 Å². The Balaban J connectivity index is 2.09. The highest BCUT2D eigenvalue weighted by atomic mass is 35.5. The quantitative estimate of drug-likeness (QED) is 0.388. The van der Waals surface area contributed by atoms with Gasteiger partial charge >= 0.3 is 0 Å². The smallest absolute Gasteiger partial charge is 0.243 e. The van der Waals surface area contributed by atoms with Gasteiger partial charge in [0.05, 0.1) is 30.1 Å². The van der Waals surface area contributed by atoms with Crippen molar-refractivity contribution in [2.75, 3.05) is 26.1 Å². The molecular formula is C23H31ClN6O5S. The van der Waals surface area contributed by atoms with E-state index in [1.54, 1.807) is 43.7 Å². The maximum Gasteiger partial charge on any atom is 0.243 e. The van der Waals surface area contributed by atoms with Crippen molar-refractivity contribution in [3.63, 3.8) is 0 Å². The van der Waals surface area contributed by atoms with Crippen molar-refractivity contribution >= 4 is 27.6 Å². The van der Waals surface area contributed by atoms with Gasteiger partial charge in [0.15, 0.2) is 0 Å². The van der Waals surface area contributed by atoms with Crippen molar-refractivity contribution in [1.82, 2.24) is 24.7 Å². The van der Waals surface area contributed by atoms with Gasteiger partial charge in [-0.25, -0.2) is 18.4 Å². The van der Waals surface area contributed by atoms with Crippen LogP contribution in [0.25, 0.3) is 5.69 Å². The Morgan fingerprint density at radius 1 is 1.06 bits per heavy atom. The summed E-state index contributed by atoms with van der Waals surface area (Å²) in [6, 6.07) is 5.25. The molecule has 1 aromatic carbocycles. The minimum Gasteiger partial charge on any atom is -0.494 e. The molecule has 3 aromatic rings. The van der Waals surface area contributed by atoms with E-state index < -0.39 is 26.8 Å². The highest BCUT2D eigenvalue weighted by Crippen LogP contribution is 2.36. The van der Waals surface area contributed by atoms with E-state index >= 15 is 0 Å². The van der Waals surface area contributed by atoms with Gasteiger partial charge < -0.3 is 14.2 Å². The number of nitrogens with zero attached hydrogens (tertiary/aromatic N) is 5. The van der Waals surface area contributed by atoms with Gasteiger partial charge in [-0.3, -0.25) is 9.29 Å². The Bertz CT molecular complexity index is 1270. The van der Waals surface area contributed by atoms with Crippen LogP contribution in [0.3, 0.4) is 0 Å². The summed E-state index contributed by atoms with van der Waals surface area (Å²) in [4.78, 5) is 8.34. The van der Waals surface area contributed by atoms with E-state index in [2.05, 4.69) is 24.9 Å². The van der Waals surface area contributed by atoms with E-state index in [1.807, 2.05) is 13.8 Å². The minimum absolute atomic E-state index is 0.0178. The third-order valence-electron chi connectivity index (χ3n) is 5.97. The van der Waals surface area contributed by atoms with Crippen molar-refractivity contribution in [3.8, 4) is 17.2 Å². The second-order valence-electron chi connectivity index (χ2n) is 8.83. The van der Waals surface area contributed by atoms with Gasteiger partial charge in [0.25, 0.3) is 0 Å². The van der Waals surface area contributed by atoms with E-state index in [0.29, 0.717) is 40.3 Å². The first-order valence-electron chi connectivity index (χ1n) is 11.1. The van der Waals surface area contributed by atoms with Crippen LogP contribution in [0, 0.1) is 0 Å². The molecule has 0 unspecified atom stereocenters. The molecule has 0 radical (unpaired) electrons. The van der Waals surface area contributed by atoms with Crippen LogP contribution in [0.5, 0.6) is 11.5 Å². The normalized spacial score (nSPS) is 13.8. The molecule has 0 bridgehead atoms. The number of aromatic nitrogens is 5. The number of methoxy groups -OCH3 is 3. The largest absolute Gasteiger partial charge is 0.494 e. The third kappa shape index (κ3) is 5.88. The van der Waals surface area contributed by atoms with Crippen LogP contribution in [0.1, 0.15) is 45.3 Å². The number of hydrogen-bond donors (Lipinski definition) is 1. The zero-order chi connectivity index (χ0) is 26.7. The molecule has 13 heteroatoms. The lowest BCUT2D eigenvalue weighted by atomic mass is 10.0. The monoisotopic (exact) mass is 538 g/mol. The molecule has 0 aliphatic heterocycles. The summed E-state index contributed by atoms with van der Waals surface area (Å²) in [7, 11) is 0.648. The van der Waals surface area contributed by atoms with Crippen LogP contribution >= 0.6 is 11.6 Å². The lowest BCUT2D eigenvalue weighted by Gasteiger charge is -2.24. The fourth-order valence-electron chi connectivity index (χ4n) is 3.49. The molecule has 36 heavy (non-hydrogen) atoms. The van der Waals surface area contributed by atoms with E-state index in [4.69, 9.17) is 25.8 Å². The Morgan fingerprint density at radius 3 is 2.17 bits per heavy atom. The molecule has 0 aliphatic carbocycles. The second kappa shape index (κ2) is 11.0. The van der Waals surface area contributed by atoms with Crippen LogP contribution in [-0.4, -0.2) is 65.3 Å². The van der Waals surface area contributed by atoms with E-state index in [-0.39, 0.29) is 5.95 Å². The Morgan fingerprint density at radius 2 is 1.64 bits per heavy atom. The van der Waals surface area contributed by atoms with Crippen molar-refractivity contribution < 1.29 is 22.6 Å². The van der Waals surface area contributed by atoms with Gasteiger partial charge in [-0.15, -0.1) is 10.2 Å². The zero-order valence-corrected chi connectivity index (χ0v) is 22.9. The first-order valence-corrected chi connectivity index (χ1v) is 13.1. The summed E-state index contributed by atoms with van der Waals surface area (Å²) in [6.45, 7) is 7.09. The number of para-hydroxylation sites is 1. The predicted molar refractivity (Wildman–Crippen MR) is 137 cm³/mol. The molecule has 0 saturated carbocycles. The molecule has 0 aliphatic rings. The van der Waals surface area contributed by atoms with Gasteiger partial charge in [0.2, 0.25) is 16.0 Å². The lowest BCUT2D eigenvalue weighted by Crippen LogP contribution is -2.32. The molecule has 1 N–H and O–H groups in total. The summed E-state index contributed by atoms with van der Waals surface area (Å²) < 4.78 is 47.8. The molecule has 2 atom stereocenters. The minimum atomic E-state index is -3.98. The molecule has 3 rings (SSSR count). The standard InChI is InChI=1S/C23H31ClN6O5S/c1-14(21-25-12-16(24)13-26-21)15(2)36(31,32)29-22-28-27-19(11-23(3,4)35-7)30(22)20-17(33-5)9-8-10-18(20)34-6/h8-10,12-15H,11H2,1-7H3,(H,28,29)/t14-,15-/m0/s1. The van der Waals surface area contributed by atoms with Crippen LogP contribution < -0.4 is 14.2 Å². The van der Waals surface area contributed by atoms with E-state index in [1.165, 1.54) is 26.6 Å². The van der Waals surface area contributed by atoms with Crippen LogP contribution in [0.2, 0.25) is 5.02 Å². The summed E-state index contributed by atoms with van der Waals surface area (Å²) in [5, 5.41) is 7.92. The average Bonchev–Trinajstić information content (AvgIpc) is 3.22. The fourth-order valence-corrected chi connectivity index (χ4v) is 4.82. The Kier molecular flexibility index (Phi) is 8.42. The molecule has 196 valence electrons. The molecule has 0 fully saturated rings. The number of benzene rings is 1. The first kappa shape index (κ1) is 27.6. The van der Waals surface area contributed by atoms with Gasteiger partial charge in [-0.05, 0) is 32.9 Å². The van der Waals surface area contributed by atoms with Crippen LogP contribution in [-0.2, 0) is 21.2 Å². The highest BCUT2D eigenvalue weighted by Gasteiger charge is 2.33. The van der Waals surface area contributed by atoms with Crippen molar-refractivity contribution in [1.29, 1.82) is 0 Å². The predicted octanol–water partition coefficient (Wildman–Crippen LogP) is 3.63. The number of rotatable bonds is 11. The second-order valence-corrected chi connectivity index (χ2v) is 11.3. The van der Waals surface area contributed by atoms with E-state index in [0.717, 1.165) is 0 Å². The lowest BCUT2D eigenvalue weighted by molar-refractivity contribution is 0.0212. The summed E-state index contributed by atoms with van der Waals surface area (Å²) in [5.74, 6) is 1.14. The SMILES string of the molecule is COc1cccc(OC)c1-n1c(CC(C)(C)OC)nnc1NS(=O)(=O)[C@@H](C)[C@H](C)c1ncc(Cl)cn1. The number of anilines is 1. The summed E-state index contributed by atoms with van der Waals surface area (Å²) >= 11 is 5.87. The van der Waals surface area contributed by atoms with Crippen molar-refractivity contribution in [3.05, 3.63) is 47.3 Å². The molecular weight excluding hydrogens is 508 g/mol. The third-order valence-corrected chi connectivity index (χ3v) is 8.02. The number of nitrogens with one attached hydrogen (secondary N) is 1. The maximum absolute atomic E-state index is 13.5. The zero-order valence-electron chi connectivity index (χ0n) is 21.3. The highest BCUT2D eigenvalue weighted by molar-refractivity contribution is 7.93. The average molecular weight is 539 g/mol. The van der Waals surface area contributed by atoms with Crippen molar-refractivity contribution in [2.24, 2.45) is 0 Å². The number of hydrogen-bond acceptors (Lipinski definition) is 9. The summed E-state index contributed by atoms with van der Waals surface area (Å²) in [5.41, 5.74) is -0.155. The summed E-state index contributed by atoms with van der Waals surface area (Å²) in [6.07, 6.45) is 3.19. The van der Waals surface area contributed by atoms with Crippen molar-refractivity contribution in [2.45, 2.75) is 50.9 Å². The number of halogens is 1.